The molecule has 244 valence electrons. The predicted octanol–water partition coefficient (Wildman–Crippen LogP) is 13.9. The summed E-state index contributed by atoms with van der Waals surface area (Å²) >= 11 is 4.24. The van der Waals surface area contributed by atoms with Crippen molar-refractivity contribution in [3.05, 3.63) is 64.7 Å². The largest absolute Gasteiger partial charge is 0.508 e. The number of unbranched alkanes of at least 4 members (excludes halogenated alkanes) is 18. The summed E-state index contributed by atoms with van der Waals surface area (Å²) in [6.45, 7) is 6.95. The summed E-state index contributed by atoms with van der Waals surface area (Å²) in [6, 6.07) is 14.9. The molecule has 2 aromatic rings. The molecule has 1 atom stereocenters. The maximum absolute atomic E-state index is 9.87. The summed E-state index contributed by atoms with van der Waals surface area (Å²) in [7, 11) is 0. The molecular formula is C40H66OS2. The van der Waals surface area contributed by atoms with Crippen LogP contribution in [0.5, 0.6) is 5.75 Å². The quantitative estimate of drug-likeness (QED) is 0.0949. The van der Waals surface area contributed by atoms with E-state index in [9.17, 15) is 5.11 Å². The van der Waals surface area contributed by atoms with Gasteiger partial charge >= 0.3 is 0 Å². The van der Waals surface area contributed by atoms with Gasteiger partial charge in [0.05, 0.1) is 0 Å². The molecule has 0 aliphatic carbocycles. The van der Waals surface area contributed by atoms with Gasteiger partial charge < -0.3 is 5.11 Å². The first-order valence-electron chi connectivity index (χ1n) is 18.2. The van der Waals surface area contributed by atoms with Crippen LogP contribution in [-0.2, 0) is 11.5 Å². The summed E-state index contributed by atoms with van der Waals surface area (Å²) < 4.78 is 0. The van der Waals surface area contributed by atoms with Gasteiger partial charge in [-0.2, -0.15) is 23.5 Å². The predicted molar refractivity (Wildman–Crippen MR) is 198 cm³/mol. The van der Waals surface area contributed by atoms with Crippen molar-refractivity contribution in [2.45, 2.75) is 167 Å². The highest BCUT2D eigenvalue weighted by Crippen LogP contribution is 2.35. The molecule has 1 nitrogen and oxygen atoms in total. The molecule has 2 rings (SSSR count). The highest BCUT2D eigenvalue weighted by molar-refractivity contribution is 7.98. The first-order chi connectivity index (χ1) is 21.2. The summed E-state index contributed by atoms with van der Waals surface area (Å²) in [4.78, 5) is 0. The van der Waals surface area contributed by atoms with Crippen LogP contribution in [0.2, 0.25) is 0 Å². The monoisotopic (exact) mass is 626 g/mol. The van der Waals surface area contributed by atoms with Crippen LogP contribution in [0, 0.1) is 0 Å². The molecule has 1 unspecified atom stereocenters. The minimum absolute atomic E-state index is 0.336. The van der Waals surface area contributed by atoms with Crippen LogP contribution >= 0.6 is 23.5 Å². The standard InChI is InChI=1S/C40H66OS2/c1-4-6-8-10-12-14-16-18-20-22-31-42-33-37-25-24-26-38(40(37)35(3)36-27-29-39(41)30-28-36)34-43-32-23-21-19-17-15-13-11-9-7-5-2/h24-30,35,41H,4-23,31-34H2,1-3H3. The number of hydrogen-bond donors (Lipinski definition) is 1. The van der Waals surface area contributed by atoms with Crippen molar-refractivity contribution >= 4 is 23.5 Å². The second kappa shape index (κ2) is 26.2. The van der Waals surface area contributed by atoms with E-state index in [0.717, 1.165) is 11.5 Å². The summed E-state index contributed by atoms with van der Waals surface area (Å²) in [6.07, 6.45) is 28.1. The minimum Gasteiger partial charge on any atom is -0.508 e. The molecule has 0 amide bonds. The lowest BCUT2D eigenvalue weighted by molar-refractivity contribution is 0.475. The molecule has 0 radical (unpaired) electrons. The number of thioether (sulfide) groups is 2. The van der Waals surface area contributed by atoms with Crippen LogP contribution in [0.15, 0.2) is 42.5 Å². The molecule has 0 aliphatic rings. The van der Waals surface area contributed by atoms with E-state index in [2.05, 4.69) is 74.6 Å². The Balaban J connectivity index is 1.78. The molecule has 0 aliphatic heterocycles. The fraction of sp³-hybridized carbons (Fsp3) is 0.700. The van der Waals surface area contributed by atoms with Gasteiger partial charge in [0.2, 0.25) is 0 Å². The van der Waals surface area contributed by atoms with Gasteiger partial charge in [0.1, 0.15) is 5.75 Å². The Morgan fingerprint density at radius 3 is 1.28 bits per heavy atom. The van der Waals surface area contributed by atoms with E-state index in [1.54, 1.807) is 0 Å². The molecule has 0 heterocycles. The summed E-state index contributed by atoms with van der Waals surface area (Å²) in [5.74, 6) is 5.42. The second-order valence-electron chi connectivity index (χ2n) is 12.8. The van der Waals surface area contributed by atoms with Gasteiger partial charge in [0.25, 0.3) is 0 Å². The number of aromatic hydroxyl groups is 1. The van der Waals surface area contributed by atoms with Crippen molar-refractivity contribution in [3.8, 4) is 5.75 Å². The van der Waals surface area contributed by atoms with Crippen molar-refractivity contribution in [1.29, 1.82) is 0 Å². The van der Waals surface area contributed by atoms with Crippen LogP contribution in [-0.4, -0.2) is 16.6 Å². The number of benzene rings is 2. The number of hydrogen-bond acceptors (Lipinski definition) is 3. The van der Waals surface area contributed by atoms with Gasteiger partial charge in [0, 0.05) is 17.4 Å². The molecule has 0 bridgehead atoms. The lowest BCUT2D eigenvalue weighted by atomic mass is 9.87. The third kappa shape index (κ3) is 17.9. The van der Waals surface area contributed by atoms with Crippen molar-refractivity contribution < 1.29 is 5.11 Å². The summed E-state index contributed by atoms with van der Waals surface area (Å²) in [5, 5.41) is 9.87. The van der Waals surface area contributed by atoms with Gasteiger partial charge in [0.15, 0.2) is 0 Å². The van der Waals surface area contributed by atoms with Crippen LogP contribution in [0.3, 0.4) is 0 Å². The lowest BCUT2D eigenvalue weighted by Crippen LogP contribution is -2.05. The third-order valence-corrected chi connectivity index (χ3v) is 11.1. The number of rotatable bonds is 28. The Kier molecular flexibility index (Phi) is 23.2. The smallest absolute Gasteiger partial charge is 0.115 e. The van der Waals surface area contributed by atoms with Crippen molar-refractivity contribution in [2.24, 2.45) is 0 Å². The molecule has 1 N–H and O–H groups in total. The molecular weight excluding hydrogens is 561 g/mol. The van der Waals surface area contributed by atoms with Crippen molar-refractivity contribution in [3.63, 3.8) is 0 Å². The molecule has 0 saturated carbocycles. The Morgan fingerprint density at radius 2 is 0.884 bits per heavy atom. The lowest BCUT2D eigenvalue weighted by Gasteiger charge is -2.21. The van der Waals surface area contributed by atoms with E-state index in [-0.39, 0.29) is 0 Å². The molecule has 2 aromatic carbocycles. The SMILES string of the molecule is CCCCCCCCCCCCSCc1cccc(CSCCCCCCCCCCCC)c1C(C)c1ccc(O)cc1. The zero-order valence-corrected chi connectivity index (χ0v) is 30.0. The van der Waals surface area contributed by atoms with Crippen molar-refractivity contribution in [2.75, 3.05) is 11.5 Å². The first-order valence-corrected chi connectivity index (χ1v) is 20.5. The third-order valence-electron chi connectivity index (χ3n) is 8.91. The molecule has 3 heteroatoms. The molecule has 0 fully saturated rings. The summed E-state index contributed by atoms with van der Waals surface area (Å²) in [5.41, 5.74) is 5.84. The van der Waals surface area contributed by atoms with E-state index < -0.39 is 0 Å². The maximum Gasteiger partial charge on any atom is 0.115 e. The van der Waals surface area contributed by atoms with Crippen LogP contribution in [0.4, 0.5) is 0 Å². The fourth-order valence-corrected chi connectivity index (χ4v) is 8.20. The maximum atomic E-state index is 9.87. The Labute approximate surface area is 276 Å². The van der Waals surface area contributed by atoms with Crippen LogP contribution in [0.1, 0.15) is 177 Å². The van der Waals surface area contributed by atoms with E-state index in [1.165, 1.54) is 162 Å². The van der Waals surface area contributed by atoms with Gasteiger partial charge in [-0.05, 0) is 58.7 Å². The highest BCUT2D eigenvalue weighted by atomic mass is 32.2. The zero-order chi connectivity index (χ0) is 30.8. The Bertz CT molecular complexity index is 863. The molecule has 43 heavy (non-hydrogen) atoms. The van der Waals surface area contributed by atoms with Crippen LogP contribution in [0.25, 0.3) is 0 Å². The minimum atomic E-state index is 0.336. The first kappa shape index (κ1) is 38.1. The van der Waals surface area contributed by atoms with Crippen LogP contribution < -0.4 is 0 Å². The number of phenols is 1. The molecule has 0 aromatic heterocycles. The van der Waals surface area contributed by atoms with Gasteiger partial charge in [-0.15, -0.1) is 0 Å². The molecule has 0 saturated heterocycles. The normalized spacial score (nSPS) is 12.2. The van der Waals surface area contributed by atoms with Gasteiger partial charge in [-0.25, -0.2) is 0 Å². The van der Waals surface area contributed by atoms with Gasteiger partial charge in [-0.3, -0.25) is 0 Å². The second-order valence-corrected chi connectivity index (χ2v) is 15.0. The zero-order valence-electron chi connectivity index (χ0n) is 28.4. The fourth-order valence-electron chi connectivity index (χ4n) is 6.15. The van der Waals surface area contributed by atoms with Crippen molar-refractivity contribution in [1.82, 2.24) is 0 Å². The topological polar surface area (TPSA) is 20.2 Å². The average Bonchev–Trinajstić information content (AvgIpc) is 3.02. The van der Waals surface area contributed by atoms with E-state index in [0.29, 0.717) is 11.7 Å². The van der Waals surface area contributed by atoms with Gasteiger partial charge in [-0.1, -0.05) is 167 Å². The Hall–Kier alpha value is -1.06. The highest BCUT2D eigenvalue weighted by Gasteiger charge is 2.17. The van der Waals surface area contributed by atoms with E-state index in [4.69, 9.17) is 0 Å². The Morgan fingerprint density at radius 1 is 0.512 bits per heavy atom. The molecule has 0 spiro atoms. The number of phenolic OH excluding ortho intramolecular Hbond substituents is 1. The average molecular weight is 627 g/mol. The van der Waals surface area contributed by atoms with E-state index >= 15 is 0 Å². The van der Waals surface area contributed by atoms with E-state index in [1.807, 2.05) is 12.1 Å².